The van der Waals surface area contributed by atoms with Crippen LogP contribution in [0, 0.1) is 6.92 Å². The van der Waals surface area contributed by atoms with Gasteiger partial charge in [0.2, 0.25) is 5.90 Å². The number of hydrogen-bond donors (Lipinski definition) is 0. The lowest BCUT2D eigenvalue weighted by molar-refractivity contribution is -0.129. The second-order valence-electron chi connectivity index (χ2n) is 7.47. The summed E-state index contributed by atoms with van der Waals surface area (Å²) >= 11 is 0. The van der Waals surface area contributed by atoms with Crippen LogP contribution in [0.1, 0.15) is 23.1 Å². The number of aliphatic imine (C=N–C) groups is 1. The van der Waals surface area contributed by atoms with Crippen LogP contribution in [0.15, 0.2) is 83.5 Å². The highest BCUT2D eigenvalue weighted by atomic mass is 16.6. The van der Waals surface area contributed by atoms with Gasteiger partial charge in [-0.15, -0.1) is 0 Å². The van der Waals surface area contributed by atoms with Crippen molar-refractivity contribution in [2.45, 2.75) is 13.3 Å². The first-order chi connectivity index (χ1) is 16.1. The molecule has 0 saturated heterocycles. The number of carbonyl (C=O) groups excluding carboxylic acids is 1. The summed E-state index contributed by atoms with van der Waals surface area (Å²) in [6.07, 6.45) is 2.35. The van der Waals surface area contributed by atoms with Crippen LogP contribution in [0.3, 0.4) is 0 Å². The van der Waals surface area contributed by atoms with E-state index in [1.54, 1.807) is 19.3 Å². The predicted octanol–water partition coefficient (Wildman–Crippen LogP) is 5.20. The summed E-state index contributed by atoms with van der Waals surface area (Å²) in [7, 11) is 1.59. The third-order valence-corrected chi connectivity index (χ3v) is 4.99. The van der Waals surface area contributed by atoms with Gasteiger partial charge in [0.1, 0.15) is 17.2 Å². The number of cyclic esters (lactones) is 1. The molecule has 6 heteroatoms. The standard InChI is InChI=1S/C27H25NO5/c1-19-9-11-22(12-10-19)31-15-6-16-32-25-14-13-23(30-2)17-21(25)18-24-27(29)33-26(28-24)20-7-4-3-5-8-20/h3-5,7-14,17-18H,6,15-16H2,1-2H3/b24-18+. The van der Waals surface area contributed by atoms with Crippen LogP contribution in [-0.2, 0) is 9.53 Å². The molecule has 0 aliphatic carbocycles. The highest BCUT2D eigenvalue weighted by molar-refractivity contribution is 6.12. The molecule has 0 unspecified atom stereocenters. The normalized spacial score (nSPS) is 14.1. The third-order valence-electron chi connectivity index (χ3n) is 4.99. The Balaban J connectivity index is 1.44. The van der Waals surface area contributed by atoms with E-state index in [1.807, 2.05) is 73.7 Å². The molecule has 0 bridgehead atoms. The van der Waals surface area contributed by atoms with E-state index in [0.717, 1.165) is 11.3 Å². The molecule has 1 aliphatic rings. The minimum atomic E-state index is -0.505. The second kappa shape index (κ2) is 10.5. The minimum Gasteiger partial charge on any atom is -0.497 e. The minimum absolute atomic E-state index is 0.203. The average molecular weight is 443 g/mol. The Morgan fingerprint density at radius 3 is 2.39 bits per heavy atom. The van der Waals surface area contributed by atoms with E-state index in [9.17, 15) is 4.79 Å². The van der Waals surface area contributed by atoms with Gasteiger partial charge in [0.25, 0.3) is 0 Å². The smallest absolute Gasteiger partial charge is 0.363 e. The second-order valence-corrected chi connectivity index (χ2v) is 7.47. The highest BCUT2D eigenvalue weighted by Gasteiger charge is 2.24. The van der Waals surface area contributed by atoms with Crippen LogP contribution in [-0.4, -0.2) is 32.2 Å². The lowest BCUT2D eigenvalue weighted by Gasteiger charge is -2.11. The fourth-order valence-corrected chi connectivity index (χ4v) is 3.22. The third kappa shape index (κ3) is 5.80. The van der Waals surface area contributed by atoms with Gasteiger partial charge in [-0.05, 0) is 55.5 Å². The molecule has 0 saturated carbocycles. The first-order valence-electron chi connectivity index (χ1n) is 10.7. The maximum atomic E-state index is 12.4. The summed E-state index contributed by atoms with van der Waals surface area (Å²) in [6, 6.07) is 22.7. The van der Waals surface area contributed by atoms with E-state index in [4.69, 9.17) is 18.9 Å². The molecule has 1 heterocycles. The Morgan fingerprint density at radius 1 is 0.909 bits per heavy atom. The van der Waals surface area contributed by atoms with Crippen LogP contribution in [0.5, 0.6) is 17.2 Å². The molecule has 3 aromatic rings. The molecule has 0 radical (unpaired) electrons. The molecule has 0 fully saturated rings. The van der Waals surface area contributed by atoms with Crippen molar-refractivity contribution >= 4 is 17.9 Å². The van der Waals surface area contributed by atoms with Crippen molar-refractivity contribution in [2.24, 2.45) is 4.99 Å². The molecule has 33 heavy (non-hydrogen) atoms. The first kappa shape index (κ1) is 22.1. The SMILES string of the molecule is COc1ccc(OCCCOc2ccc(C)cc2)c(/C=C2/N=C(c3ccccc3)OC2=O)c1. The molecular weight excluding hydrogens is 418 g/mol. The maximum absolute atomic E-state index is 12.4. The molecule has 0 spiro atoms. The van der Waals surface area contributed by atoms with E-state index in [2.05, 4.69) is 4.99 Å². The fourth-order valence-electron chi connectivity index (χ4n) is 3.22. The summed E-state index contributed by atoms with van der Waals surface area (Å²) in [5, 5.41) is 0. The Hall–Kier alpha value is -4.06. The molecule has 0 atom stereocenters. The van der Waals surface area contributed by atoms with Gasteiger partial charge in [0.05, 0.1) is 20.3 Å². The van der Waals surface area contributed by atoms with Gasteiger partial charge in [-0.3, -0.25) is 0 Å². The summed E-state index contributed by atoms with van der Waals surface area (Å²) in [4.78, 5) is 16.8. The molecular formula is C27H25NO5. The molecule has 6 nitrogen and oxygen atoms in total. The number of methoxy groups -OCH3 is 1. The van der Waals surface area contributed by atoms with E-state index in [-0.39, 0.29) is 11.6 Å². The van der Waals surface area contributed by atoms with Gasteiger partial charge in [-0.25, -0.2) is 9.79 Å². The molecule has 0 N–H and O–H groups in total. The molecule has 0 aromatic heterocycles. The zero-order chi connectivity index (χ0) is 23.0. The topological polar surface area (TPSA) is 66.3 Å². The summed E-state index contributed by atoms with van der Waals surface area (Å²) in [5.74, 6) is 1.88. The lowest BCUT2D eigenvalue weighted by Crippen LogP contribution is -2.06. The Morgan fingerprint density at radius 2 is 1.64 bits per heavy atom. The number of rotatable bonds is 9. The molecule has 0 amide bonds. The van der Waals surface area contributed by atoms with Crippen molar-refractivity contribution in [3.05, 3.63) is 95.2 Å². The van der Waals surface area contributed by atoms with Gasteiger partial charge in [-0.2, -0.15) is 0 Å². The van der Waals surface area contributed by atoms with Crippen molar-refractivity contribution < 1.29 is 23.7 Å². The monoisotopic (exact) mass is 443 g/mol. The molecule has 1 aliphatic heterocycles. The quantitative estimate of drug-likeness (QED) is 0.258. The van der Waals surface area contributed by atoms with Crippen molar-refractivity contribution in [2.75, 3.05) is 20.3 Å². The summed E-state index contributed by atoms with van der Waals surface area (Å²) < 4.78 is 22.4. The number of nitrogens with zero attached hydrogens (tertiary/aromatic N) is 1. The number of benzene rings is 3. The van der Waals surface area contributed by atoms with E-state index in [0.29, 0.717) is 36.7 Å². The molecule has 3 aromatic carbocycles. The Labute approximate surface area is 193 Å². The summed E-state index contributed by atoms with van der Waals surface area (Å²) in [5.41, 5.74) is 2.82. The van der Waals surface area contributed by atoms with Gasteiger partial charge in [-0.1, -0.05) is 35.9 Å². The number of aryl methyl sites for hydroxylation is 1. The molecule has 168 valence electrons. The average Bonchev–Trinajstić information content (AvgIpc) is 3.21. The molecule has 4 rings (SSSR count). The Bertz CT molecular complexity index is 1170. The van der Waals surface area contributed by atoms with Gasteiger partial charge >= 0.3 is 5.97 Å². The highest BCUT2D eigenvalue weighted by Crippen LogP contribution is 2.28. The van der Waals surface area contributed by atoms with Crippen LogP contribution in [0.2, 0.25) is 0 Å². The van der Waals surface area contributed by atoms with Gasteiger partial charge < -0.3 is 18.9 Å². The lowest BCUT2D eigenvalue weighted by atomic mass is 10.1. The predicted molar refractivity (Wildman–Crippen MR) is 127 cm³/mol. The number of hydrogen-bond acceptors (Lipinski definition) is 6. The zero-order valence-corrected chi connectivity index (χ0v) is 18.6. The van der Waals surface area contributed by atoms with Crippen molar-refractivity contribution in [3.8, 4) is 17.2 Å². The fraction of sp³-hybridized carbons (Fsp3) is 0.185. The largest absolute Gasteiger partial charge is 0.497 e. The Kier molecular flexibility index (Phi) is 7.05. The zero-order valence-electron chi connectivity index (χ0n) is 18.6. The van der Waals surface area contributed by atoms with Crippen LogP contribution in [0.25, 0.3) is 6.08 Å². The number of carbonyl (C=O) groups is 1. The van der Waals surface area contributed by atoms with E-state index < -0.39 is 5.97 Å². The van der Waals surface area contributed by atoms with Gasteiger partial charge in [0, 0.05) is 17.5 Å². The maximum Gasteiger partial charge on any atom is 0.363 e. The van der Waals surface area contributed by atoms with E-state index >= 15 is 0 Å². The summed E-state index contributed by atoms with van der Waals surface area (Å²) in [6.45, 7) is 3.03. The first-order valence-corrected chi connectivity index (χ1v) is 10.7. The van der Waals surface area contributed by atoms with Crippen molar-refractivity contribution in [1.82, 2.24) is 0 Å². The number of ether oxygens (including phenoxy) is 4. The van der Waals surface area contributed by atoms with Crippen molar-refractivity contribution in [1.29, 1.82) is 0 Å². The van der Waals surface area contributed by atoms with Crippen LogP contribution in [0.4, 0.5) is 0 Å². The van der Waals surface area contributed by atoms with Gasteiger partial charge in [0.15, 0.2) is 5.70 Å². The number of esters is 1. The van der Waals surface area contributed by atoms with Crippen molar-refractivity contribution in [3.63, 3.8) is 0 Å². The van der Waals surface area contributed by atoms with Crippen LogP contribution >= 0.6 is 0 Å². The van der Waals surface area contributed by atoms with E-state index in [1.165, 1.54) is 5.56 Å². The van der Waals surface area contributed by atoms with Crippen LogP contribution < -0.4 is 14.2 Å².